The molecule has 1 aromatic rings. The lowest BCUT2D eigenvalue weighted by molar-refractivity contribution is 0.155. The minimum Gasteiger partial charge on any atom is -0.327 e. The highest BCUT2D eigenvalue weighted by Gasteiger charge is 2.38. The van der Waals surface area contributed by atoms with Gasteiger partial charge in [0.2, 0.25) is 10.0 Å². The zero-order valence-corrected chi connectivity index (χ0v) is 13.0. The molecule has 1 saturated heterocycles. The van der Waals surface area contributed by atoms with Gasteiger partial charge in [0.25, 0.3) is 0 Å². The summed E-state index contributed by atoms with van der Waals surface area (Å²) in [7, 11) is -3.75. The van der Waals surface area contributed by atoms with E-state index in [-0.39, 0.29) is 21.4 Å². The third-order valence-electron chi connectivity index (χ3n) is 3.75. The molecular formula is C13H18ClFN2O2S. The van der Waals surface area contributed by atoms with E-state index in [1.54, 1.807) is 0 Å². The van der Waals surface area contributed by atoms with Crippen LogP contribution in [0.25, 0.3) is 0 Å². The molecule has 1 heterocycles. The van der Waals surface area contributed by atoms with Gasteiger partial charge < -0.3 is 5.73 Å². The number of benzene rings is 1. The summed E-state index contributed by atoms with van der Waals surface area (Å²) in [5.74, 6) is -0.663. The quantitative estimate of drug-likeness (QED) is 0.909. The van der Waals surface area contributed by atoms with Crippen molar-refractivity contribution in [1.82, 2.24) is 4.31 Å². The predicted molar refractivity (Wildman–Crippen MR) is 76.5 cm³/mol. The van der Waals surface area contributed by atoms with Crippen molar-refractivity contribution in [2.45, 2.75) is 31.2 Å². The average molecular weight is 321 g/mol. The Morgan fingerprint density at radius 1 is 1.40 bits per heavy atom. The second-order valence-electron chi connectivity index (χ2n) is 5.83. The monoisotopic (exact) mass is 320 g/mol. The standard InChI is InChI=1S/C13H18ClFN2O2S/c1-13(2)8-17(4-3-12(13)16)20(18,19)11-6-9(14)5-10(15)7-11/h5-7,12H,3-4,8,16H2,1-2H3. The summed E-state index contributed by atoms with van der Waals surface area (Å²) in [4.78, 5) is -0.117. The Balaban J connectivity index is 2.36. The van der Waals surface area contributed by atoms with E-state index in [0.29, 0.717) is 19.5 Å². The number of hydrogen-bond donors (Lipinski definition) is 1. The van der Waals surface area contributed by atoms with Crippen molar-refractivity contribution in [2.24, 2.45) is 11.1 Å². The molecule has 0 aromatic heterocycles. The van der Waals surface area contributed by atoms with Crippen molar-refractivity contribution >= 4 is 21.6 Å². The first kappa shape index (κ1) is 15.7. The van der Waals surface area contributed by atoms with Crippen molar-refractivity contribution in [1.29, 1.82) is 0 Å². The van der Waals surface area contributed by atoms with E-state index in [1.807, 2.05) is 13.8 Å². The van der Waals surface area contributed by atoms with Crippen LogP contribution in [0.3, 0.4) is 0 Å². The van der Waals surface area contributed by atoms with Crippen LogP contribution in [0.2, 0.25) is 5.02 Å². The first-order valence-electron chi connectivity index (χ1n) is 6.35. The van der Waals surface area contributed by atoms with Gasteiger partial charge in [-0.15, -0.1) is 0 Å². The van der Waals surface area contributed by atoms with Gasteiger partial charge in [-0.05, 0) is 30.0 Å². The Kier molecular flexibility index (Phi) is 4.12. The Morgan fingerprint density at radius 2 is 2.05 bits per heavy atom. The lowest BCUT2D eigenvalue weighted by Crippen LogP contribution is -2.53. The molecule has 1 aliphatic rings. The number of nitrogens with two attached hydrogens (primary N) is 1. The molecule has 1 atom stereocenters. The number of piperidine rings is 1. The number of rotatable bonds is 2. The van der Waals surface area contributed by atoms with Gasteiger partial charge in [0.1, 0.15) is 5.82 Å². The van der Waals surface area contributed by atoms with E-state index in [4.69, 9.17) is 17.3 Å². The zero-order chi connectivity index (χ0) is 15.1. The zero-order valence-electron chi connectivity index (χ0n) is 11.4. The van der Waals surface area contributed by atoms with E-state index >= 15 is 0 Å². The lowest BCUT2D eigenvalue weighted by atomic mass is 9.81. The lowest BCUT2D eigenvalue weighted by Gasteiger charge is -2.41. The molecule has 20 heavy (non-hydrogen) atoms. The van der Waals surface area contributed by atoms with E-state index in [1.165, 1.54) is 10.4 Å². The summed E-state index contributed by atoms with van der Waals surface area (Å²) in [6.45, 7) is 4.50. The highest BCUT2D eigenvalue weighted by molar-refractivity contribution is 7.89. The maximum atomic E-state index is 13.4. The summed E-state index contributed by atoms with van der Waals surface area (Å²) in [5, 5.41) is 0.0662. The fraction of sp³-hybridized carbons (Fsp3) is 0.538. The van der Waals surface area contributed by atoms with E-state index in [2.05, 4.69) is 0 Å². The molecule has 0 bridgehead atoms. The fourth-order valence-electron chi connectivity index (χ4n) is 2.36. The van der Waals surface area contributed by atoms with Gasteiger partial charge in [-0.25, -0.2) is 12.8 Å². The number of hydrogen-bond acceptors (Lipinski definition) is 3. The van der Waals surface area contributed by atoms with E-state index in [9.17, 15) is 12.8 Å². The molecule has 1 aromatic carbocycles. The molecule has 2 rings (SSSR count). The topological polar surface area (TPSA) is 63.4 Å². The van der Waals surface area contributed by atoms with Crippen molar-refractivity contribution in [3.8, 4) is 0 Å². The largest absolute Gasteiger partial charge is 0.327 e. The minimum absolute atomic E-state index is 0.0509. The molecular weight excluding hydrogens is 303 g/mol. The molecule has 112 valence electrons. The molecule has 0 saturated carbocycles. The molecule has 1 fully saturated rings. The molecule has 0 radical (unpaired) electrons. The van der Waals surface area contributed by atoms with Crippen LogP contribution in [0.4, 0.5) is 4.39 Å². The number of halogens is 2. The van der Waals surface area contributed by atoms with Crippen LogP contribution in [-0.4, -0.2) is 31.9 Å². The van der Waals surface area contributed by atoms with Crippen molar-refractivity contribution in [3.63, 3.8) is 0 Å². The predicted octanol–water partition coefficient (Wildman–Crippen LogP) is 2.23. The summed E-state index contributed by atoms with van der Waals surface area (Å²) in [6, 6.07) is 3.28. The first-order chi connectivity index (χ1) is 9.13. The van der Waals surface area contributed by atoms with Gasteiger partial charge >= 0.3 is 0 Å². The van der Waals surface area contributed by atoms with E-state index < -0.39 is 15.8 Å². The van der Waals surface area contributed by atoms with Gasteiger partial charge in [0, 0.05) is 24.2 Å². The average Bonchev–Trinajstić information content (AvgIpc) is 2.31. The van der Waals surface area contributed by atoms with E-state index in [0.717, 1.165) is 12.1 Å². The molecule has 2 N–H and O–H groups in total. The van der Waals surface area contributed by atoms with Gasteiger partial charge in [-0.3, -0.25) is 0 Å². The Bertz CT molecular complexity index is 599. The summed E-state index contributed by atoms with van der Waals surface area (Å²) in [6.07, 6.45) is 0.579. The van der Waals surface area contributed by atoms with Crippen LogP contribution in [0, 0.1) is 11.2 Å². The van der Waals surface area contributed by atoms with Crippen molar-refractivity contribution in [3.05, 3.63) is 29.0 Å². The summed E-state index contributed by atoms with van der Waals surface area (Å²) >= 11 is 5.73. The first-order valence-corrected chi connectivity index (χ1v) is 8.16. The molecule has 1 unspecified atom stereocenters. The number of sulfonamides is 1. The maximum absolute atomic E-state index is 13.4. The molecule has 0 amide bonds. The molecule has 4 nitrogen and oxygen atoms in total. The third kappa shape index (κ3) is 2.98. The molecule has 7 heteroatoms. The normalized spacial score (nSPS) is 23.8. The second-order valence-corrected chi connectivity index (χ2v) is 8.20. The van der Waals surface area contributed by atoms with Crippen LogP contribution in [0.5, 0.6) is 0 Å². The van der Waals surface area contributed by atoms with Crippen LogP contribution in [0.1, 0.15) is 20.3 Å². The Hall–Kier alpha value is -0.690. The number of nitrogens with zero attached hydrogens (tertiary/aromatic N) is 1. The molecule has 0 aliphatic carbocycles. The van der Waals surface area contributed by atoms with Gasteiger partial charge in [-0.1, -0.05) is 25.4 Å². The highest BCUT2D eigenvalue weighted by Crippen LogP contribution is 2.32. The highest BCUT2D eigenvalue weighted by atomic mass is 35.5. The SMILES string of the molecule is CC1(C)CN(S(=O)(=O)c2cc(F)cc(Cl)c2)CCC1N. The molecule has 1 aliphatic heterocycles. The van der Waals surface area contributed by atoms with Crippen molar-refractivity contribution < 1.29 is 12.8 Å². The second kappa shape index (κ2) is 5.26. The third-order valence-corrected chi connectivity index (χ3v) is 5.79. The smallest absolute Gasteiger partial charge is 0.243 e. The van der Waals surface area contributed by atoms with Crippen LogP contribution in [-0.2, 0) is 10.0 Å². The van der Waals surface area contributed by atoms with Gasteiger partial charge in [-0.2, -0.15) is 4.31 Å². The van der Waals surface area contributed by atoms with Gasteiger partial charge in [0.15, 0.2) is 0 Å². The molecule has 0 spiro atoms. The summed E-state index contributed by atoms with van der Waals surface area (Å²) < 4.78 is 39.8. The minimum atomic E-state index is -3.75. The van der Waals surface area contributed by atoms with Crippen molar-refractivity contribution in [2.75, 3.05) is 13.1 Å². The van der Waals surface area contributed by atoms with Crippen LogP contribution in [0.15, 0.2) is 23.1 Å². The Morgan fingerprint density at radius 3 is 2.60 bits per heavy atom. The summed E-state index contributed by atoms with van der Waals surface area (Å²) in [5.41, 5.74) is 5.69. The maximum Gasteiger partial charge on any atom is 0.243 e. The van der Waals surface area contributed by atoms with Gasteiger partial charge in [0.05, 0.1) is 4.90 Å². The fourth-order valence-corrected chi connectivity index (χ4v) is 4.33. The van der Waals surface area contributed by atoms with Crippen LogP contribution < -0.4 is 5.73 Å². The Labute approximate surface area is 123 Å². The van der Waals surface area contributed by atoms with Crippen LogP contribution >= 0.6 is 11.6 Å².